The highest BCUT2D eigenvalue weighted by atomic mass is 14.4. The van der Waals surface area contributed by atoms with Gasteiger partial charge in [0.15, 0.2) is 0 Å². The van der Waals surface area contributed by atoms with Crippen molar-refractivity contribution in [3.05, 3.63) is 13.2 Å². The molecule has 1 atom stereocenters. The maximum absolute atomic E-state index is 3.00. The second-order valence-corrected chi connectivity index (χ2v) is 9.17. The second-order valence-electron chi connectivity index (χ2n) is 9.17. The summed E-state index contributed by atoms with van der Waals surface area (Å²) in [4.78, 5) is 0. The molecule has 0 aliphatic heterocycles. The van der Waals surface area contributed by atoms with E-state index in [1.165, 1.54) is 38.5 Å². The quantitative estimate of drug-likeness (QED) is 0.437. The van der Waals surface area contributed by atoms with Gasteiger partial charge in [0.05, 0.1) is 0 Å². The molecule has 0 amide bonds. The summed E-state index contributed by atoms with van der Waals surface area (Å²) < 4.78 is 0. The van der Waals surface area contributed by atoms with Crippen LogP contribution in [0.2, 0.25) is 0 Å². The Morgan fingerprint density at radius 1 is 0.654 bits per heavy atom. The van der Waals surface area contributed by atoms with Crippen molar-refractivity contribution in [3.8, 4) is 0 Å². The summed E-state index contributed by atoms with van der Waals surface area (Å²) in [7, 11) is 0. The lowest BCUT2D eigenvalue weighted by atomic mass is 9.64. The Labute approximate surface area is 166 Å². The third kappa shape index (κ3) is 7.05. The van der Waals surface area contributed by atoms with E-state index in [2.05, 4.69) is 27.0 Å². The molecule has 0 saturated heterocycles. The normalized spacial score (nSPS) is 33.8. The second kappa shape index (κ2) is 13.8. The maximum Gasteiger partial charge on any atom is -0.0360 e. The molecule has 26 heavy (non-hydrogen) atoms. The van der Waals surface area contributed by atoms with Crippen molar-refractivity contribution in [2.24, 2.45) is 35.5 Å². The fraction of sp³-hybridized carbons (Fsp3) is 0.923. The number of rotatable bonds is 4. The third-order valence-corrected chi connectivity index (χ3v) is 7.88. The molecule has 0 heteroatoms. The Balaban J connectivity index is 0.000000791. The third-order valence-electron chi connectivity index (χ3n) is 7.88. The van der Waals surface area contributed by atoms with Crippen LogP contribution in [0.3, 0.4) is 0 Å². The van der Waals surface area contributed by atoms with Crippen LogP contribution in [0.25, 0.3) is 0 Å². The molecule has 0 radical (unpaired) electrons. The van der Waals surface area contributed by atoms with Gasteiger partial charge < -0.3 is 0 Å². The van der Waals surface area contributed by atoms with Gasteiger partial charge in [-0.15, -0.1) is 13.2 Å². The van der Waals surface area contributed by atoms with Crippen molar-refractivity contribution >= 4 is 0 Å². The van der Waals surface area contributed by atoms with Gasteiger partial charge in [-0.3, -0.25) is 0 Å². The van der Waals surface area contributed by atoms with Crippen LogP contribution in [0.5, 0.6) is 0 Å². The largest absolute Gasteiger partial charge is 0.106 e. The first-order valence-corrected chi connectivity index (χ1v) is 12.3. The zero-order chi connectivity index (χ0) is 19.4. The average molecular weight is 363 g/mol. The molecule has 0 bridgehead atoms. The van der Waals surface area contributed by atoms with Crippen LogP contribution in [0, 0.1) is 35.5 Å². The Kier molecular flexibility index (Phi) is 12.7. The molecule has 154 valence electrons. The zero-order valence-electron chi connectivity index (χ0n) is 18.8. The minimum absolute atomic E-state index is 1.02. The molecule has 0 heterocycles. The number of hydrogen-bond donors (Lipinski definition) is 0. The highest BCUT2D eigenvalue weighted by molar-refractivity contribution is 4.86. The SMILES string of the molecule is C=C.CC.CCC(C1CCCCC1)C1CCC(C2CCC(C)CC2)CC1. The molecular weight excluding hydrogens is 312 g/mol. The van der Waals surface area contributed by atoms with Gasteiger partial charge in [0.1, 0.15) is 0 Å². The van der Waals surface area contributed by atoms with Crippen molar-refractivity contribution < 1.29 is 0 Å². The molecule has 0 aromatic carbocycles. The van der Waals surface area contributed by atoms with Crippen LogP contribution < -0.4 is 0 Å². The highest BCUT2D eigenvalue weighted by Crippen LogP contribution is 2.46. The Bertz CT molecular complexity index is 311. The van der Waals surface area contributed by atoms with E-state index >= 15 is 0 Å². The Hall–Kier alpha value is -0.260. The first-order chi connectivity index (χ1) is 12.8. The summed E-state index contributed by atoms with van der Waals surface area (Å²) in [5.74, 6) is 6.48. The predicted molar refractivity (Wildman–Crippen MR) is 120 cm³/mol. The molecule has 3 rings (SSSR count). The molecular formula is C26H50. The van der Waals surface area contributed by atoms with Gasteiger partial charge in [0, 0.05) is 0 Å². The van der Waals surface area contributed by atoms with Gasteiger partial charge in [-0.2, -0.15) is 0 Å². The first kappa shape index (κ1) is 23.8. The van der Waals surface area contributed by atoms with E-state index in [1.807, 2.05) is 13.8 Å². The van der Waals surface area contributed by atoms with Crippen LogP contribution in [-0.2, 0) is 0 Å². The van der Waals surface area contributed by atoms with E-state index in [4.69, 9.17) is 0 Å². The van der Waals surface area contributed by atoms with E-state index in [1.54, 1.807) is 51.4 Å². The van der Waals surface area contributed by atoms with Gasteiger partial charge in [-0.05, 0) is 74.0 Å². The summed E-state index contributed by atoms with van der Waals surface area (Å²) in [5.41, 5.74) is 0. The molecule has 0 aromatic heterocycles. The molecule has 3 aliphatic rings. The fourth-order valence-electron chi connectivity index (χ4n) is 6.42. The average Bonchev–Trinajstić information content (AvgIpc) is 2.74. The lowest BCUT2D eigenvalue weighted by molar-refractivity contribution is 0.0921. The monoisotopic (exact) mass is 362 g/mol. The lowest BCUT2D eigenvalue weighted by Gasteiger charge is -2.42. The summed E-state index contributed by atoms with van der Waals surface area (Å²) in [5, 5.41) is 0. The predicted octanol–water partition coefficient (Wildman–Crippen LogP) is 9.05. The molecule has 3 saturated carbocycles. The van der Waals surface area contributed by atoms with Crippen molar-refractivity contribution in [2.75, 3.05) is 0 Å². The van der Waals surface area contributed by atoms with Crippen LogP contribution >= 0.6 is 0 Å². The van der Waals surface area contributed by atoms with E-state index in [9.17, 15) is 0 Å². The van der Waals surface area contributed by atoms with E-state index in [0.717, 1.165) is 35.5 Å². The van der Waals surface area contributed by atoms with Crippen molar-refractivity contribution in [1.29, 1.82) is 0 Å². The van der Waals surface area contributed by atoms with Crippen LogP contribution in [-0.4, -0.2) is 0 Å². The molecule has 0 aromatic rings. The molecule has 0 spiro atoms. The molecule has 0 nitrogen and oxygen atoms in total. The summed E-state index contributed by atoms with van der Waals surface area (Å²) in [6.07, 6.45) is 21.6. The first-order valence-electron chi connectivity index (χ1n) is 12.3. The van der Waals surface area contributed by atoms with Crippen LogP contribution in [0.15, 0.2) is 13.2 Å². The van der Waals surface area contributed by atoms with E-state index in [0.29, 0.717) is 0 Å². The topological polar surface area (TPSA) is 0 Å². The van der Waals surface area contributed by atoms with Gasteiger partial charge in [0.25, 0.3) is 0 Å². The smallest absolute Gasteiger partial charge is 0.0360 e. The fourth-order valence-corrected chi connectivity index (χ4v) is 6.42. The lowest BCUT2D eigenvalue weighted by Crippen LogP contribution is -2.31. The standard InChI is InChI=1S/C22H40.C2H6.C2H4/c1-3-22(20-7-5-4-6-8-20)21-15-13-19(14-16-21)18-11-9-17(2)10-12-18;2*1-2/h17-22H,3-16H2,1-2H3;1-2H3;1-2H2. The molecule has 3 aliphatic carbocycles. The molecule has 0 N–H and O–H groups in total. The minimum Gasteiger partial charge on any atom is -0.106 e. The minimum atomic E-state index is 1.02. The van der Waals surface area contributed by atoms with E-state index < -0.39 is 0 Å². The molecule has 3 fully saturated rings. The van der Waals surface area contributed by atoms with Crippen molar-refractivity contribution in [3.63, 3.8) is 0 Å². The number of hydrogen-bond acceptors (Lipinski definition) is 0. The zero-order valence-corrected chi connectivity index (χ0v) is 18.8. The highest BCUT2D eigenvalue weighted by Gasteiger charge is 2.35. The Morgan fingerprint density at radius 3 is 1.54 bits per heavy atom. The molecule has 1 unspecified atom stereocenters. The van der Waals surface area contributed by atoms with Gasteiger partial charge in [0.2, 0.25) is 0 Å². The van der Waals surface area contributed by atoms with Gasteiger partial charge in [-0.25, -0.2) is 0 Å². The Morgan fingerprint density at radius 2 is 1.08 bits per heavy atom. The van der Waals surface area contributed by atoms with Gasteiger partial charge >= 0.3 is 0 Å². The van der Waals surface area contributed by atoms with Crippen LogP contribution in [0.4, 0.5) is 0 Å². The van der Waals surface area contributed by atoms with Gasteiger partial charge in [-0.1, -0.05) is 79.1 Å². The maximum atomic E-state index is 3.00. The van der Waals surface area contributed by atoms with E-state index in [-0.39, 0.29) is 0 Å². The summed E-state index contributed by atoms with van der Waals surface area (Å²) in [6.45, 7) is 14.9. The van der Waals surface area contributed by atoms with Crippen molar-refractivity contribution in [2.45, 2.75) is 118 Å². The summed E-state index contributed by atoms with van der Waals surface area (Å²) >= 11 is 0. The van der Waals surface area contributed by atoms with Crippen LogP contribution in [0.1, 0.15) is 118 Å². The van der Waals surface area contributed by atoms with Crippen molar-refractivity contribution in [1.82, 2.24) is 0 Å². The summed E-state index contributed by atoms with van der Waals surface area (Å²) in [6, 6.07) is 0.